The average Bonchev–Trinajstić information content (AvgIpc) is 2.79. The molecule has 168 valence electrons. The van der Waals surface area contributed by atoms with Gasteiger partial charge in [-0.25, -0.2) is 0 Å². The summed E-state index contributed by atoms with van der Waals surface area (Å²) in [6, 6.07) is 9.16. The molecule has 1 saturated carbocycles. The van der Waals surface area contributed by atoms with Crippen molar-refractivity contribution in [1.29, 1.82) is 0 Å². The molecular weight excluding hydrogens is 364 g/mol. The maximum absolute atomic E-state index is 5.92. The molecule has 1 atom stereocenters. The molecule has 1 fully saturated rings. The van der Waals surface area contributed by atoms with Gasteiger partial charge in [-0.2, -0.15) is 0 Å². The Morgan fingerprint density at radius 3 is 2.37 bits per heavy atom. The van der Waals surface area contributed by atoms with Gasteiger partial charge in [-0.15, -0.1) is 0 Å². The van der Waals surface area contributed by atoms with Crippen LogP contribution in [0.2, 0.25) is 0 Å². The van der Waals surface area contributed by atoms with E-state index in [1.54, 1.807) is 5.57 Å². The van der Waals surface area contributed by atoms with Crippen molar-refractivity contribution in [2.75, 3.05) is 6.61 Å². The minimum atomic E-state index is 0.634. The van der Waals surface area contributed by atoms with Crippen molar-refractivity contribution in [3.8, 4) is 5.75 Å². The molecule has 1 aromatic rings. The molecule has 0 radical (unpaired) electrons. The Morgan fingerprint density at radius 1 is 0.900 bits per heavy atom. The van der Waals surface area contributed by atoms with Gasteiger partial charge in [0.2, 0.25) is 0 Å². The van der Waals surface area contributed by atoms with Crippen LogP contribution in [-0.4, -0.2) is 6.61 Å². The number of ether oxygens (including phenoxy) is 1. The van der Waals surface area contributed by atoms with Crippen LogP contribution in [0.25, 0.3) is 0 Å². The fraction of sp³-hybridized carbons (Fsp3) is 0.724. The first-order valence-corrected chi connectivity index (χ1v) is 13.2. The molecule has 0 saturated heterocycles. The lowest BCUT2D eigenvalue weighted by Crippen LogP contribution is -2.25. The Bertz CT molecular complexity index is 615. The molecular formula is C29H46O. The first-order valence-electron chi connectivity index (χ1n) is 13.2. The van der Waals surface area contributed by atoms with Crippen molar-refractivity contribution in [3.63, 3.8) is 0 Å². The first-order chi connectivity index (χ1) is 14.7. The van der Waals surface area contributed by atoms with Crippen LogP contribution in [0.5, 0.6) is 5.75 Å². The van der Waals surface area contributed by atoms with Gasteiger partial charge < -0.3 is 4.74 Å². The minimum absolute atomic E-state index is 0.634. The van der Waals surface area contributed by atoms with Crippen molar-refractivity contribution in [2.24, 2.45) is 5.41 Å². The Balaban J connectivity index is 1.68. The molecule has 0 heterocycles. The SMILES string of the molecule is CCCCOc1ccc(C(CCC2(CCC)CCCCC2)CC2=CCCCC2)cc1. The standard InChI is InChI=1S/C29H46O/c1-3-5-23-30-28-16-14-26(15-17-28)27(24-25-12-8-6-9-13-25)18-22-29(19-4-2)20-10-7-11-21-29/h12,14-17,27H,3-11,13,18-24H2,1-2H3. The summed E-state index contributed by atoms with van der Waals surface area (Å²) in [6.45, 7) is 5.44. The van der Waals surface area contributed by atoms with E-state index in [2.05, 4.69) is 44.2 Å². The van der Waals surface area contributed by atoms with Crippen molar-refractivity contribution in [3.05, 3.63) is 41.5 Å². The summed E-state index contributed by atoms with van der Waals surface area (Å²) in [6.07, 6.45) is 24.4. The molecule has 0 aromatic heterocycles. The van der Waals surface area contributed by atoms with Crippen molar-refractivity contribution in [2.45, 2.75) is 122 Å². The van der Waals surface area contributed by atoms with Gasteiger partial charge in [0, 0.05) is 0 Å². The first kappa shape index (κ1) is 23.4. The number of allylic oxidation sites excluding steroid dienone is 2. The smallest absolute Gasteiger partial charge is 0.119 e. The quantitative estimate of drug-likeness (QED) is 0.246. The maximum Gasteiger partial charge on any atom is 0.119 e. The molecule has 1 aromatic carbocycles. The Labute approximate surface area is 186 Å². The second kappa shape index (κ2) is 12.6. The van der Waals surface area contributed by atoms with Crippen LogP contribution in [0, 0.1) is 5.41 Å². The Hall–Kier alpha value is -1.24. The molecule has 2 aliphatic carbocycles. The van der Waals surface area contributed by atoms with Crippen LogP contribution in [0.1, 0.15) is 128 Å². The highest BCUT2D eigenvalue weighted by molar-refractivity contribution is 5.30. The van der Waals surface area contributed by atoms with Gasteiger partial charge in [-0.1, -0.05) is 69.7 Å². The van der Waals surface area contributed by atoms with Crippen molar-refractivity contribution < 1.29 is 4.74 Å². The zero-order chi connectivity index (χ0) is 21.1. The lowest BCUT2D eigenvalue weighted by Gasteiger charge is -2.38. The van der Waals surface area contributed by atoms with Crippen LogP contribution in [0.3, 0.4) is 0 Å². The van der Waals surface area contributed by atoms with Crippen LogP contribution in [-0.2, 0) is 0 Å². The highest BCUT2D eigenvalue weighted by atomic mass is 16.5. The lowest BCUT2D eigenvalue weighted by atomic mass is 9.67. The fourth-order valence-corrected chi connectivity index (χ4v) is 5.90. The monoisotopic (exact) mass is 410 g/mol. The summed E-state index contributed by atoms with van der Waals surface area (Å²) >= 11 is 0. The second-order valence-electron chi connectivity index (χ2n) is 10.1. The van der Waals surface area contributed by atoms with E-state index in [0.717, 1.165) is 18.8 Å². The van der Waals surface area contributed by atoms with E-state index in [9.17, 15) is 0 Å². The summed E-state index contributed by atoms with van der Waals surface area (Å²) in [4.78, 5) is 0. The van der Waals surface area contributed by atoms with Crippen LogP contribution >= 0.6 is 0 Å². The topological polar surface area (TPSA) is 9.23 Å². The number of hydrogen-bond acceptors (Lipinski definition) is 1. The molecule has 1 heteroatoms. The van der Waals surface area contributed by atoms with Crippen LogP contribution < -0.4 is 4.74 Å². The summed E-state index contributed by atoms with van der Waals surface area (Å²) in [7, 11) is 0. The zero-order valence-corrected chi connectivity index (χ0v) is 19.9. The van der Waals surface area contributed by atoms with Gasteiger partial charge in [0.25, 0.3) is 0 Å². The molecule has 0 bridgehead atoms. The minimum Gasteiger partial charge on any atom is -0.494 e. The van der Waals surface area contributed by atoms with Gasteiger partial charge >= 0.3 is 0 Å². The third-order valence-corrected chi connectivity index (χ3v) is 7.73. The molecule has 0 aliphatic heterocycles. The third-order valence-electron chi connectivity index (χ3n) is 7.73. The Morgan fingerprint density at radius 2 is 1.70 bits per heavy atom. The molecule has 1 unspecified atom stereocenters. The van der Waals surface area contributed by atoms with Crippen LogP contribution in [0.4, 0.5) is 0 Å². The predicted octanol–water partition coefficient (Wildman–Crippen LogP) is 9.37. The van der Waals surface area contributed by atoms with Crippen LogP contribution in [0.15, 0.2) is 35.9 Å². The van der Waals surface area contributed by atoms with E-state index >= 15 is 0 Å². The molecule has 0 amide bonds. The third kappa shape index (κ3) is 7.17. The zero-order valence-electron chi connectivity index (χ0n) is 19.9. The highest BCUT2D eigenvalue weighted by Crippen LogP contribution is 2.46. The van der Waals surface area contributed by atoms with E-state index < -0.39 is 0 Å². The summed E-state index contributed by atoms with van der Waals surface area (Å²) in [5, 5.41) is 0. The molecule has 3 rings (SSSR count). The fourth-order valence-electron chi connectivity index (χ4n) is 5.90. The van der Waals surface area contributed by atoms with Crippen molar-refractivity contribution in [1.82, 2.24) is 0 Å². The lowest BCUT2D eigenvalue weighted by molar-refractivity contribution is 0.147. The van der Waals surface area contributed by atoms with Gasteiger partial charge in [0.1, 0.15) is 5.75 Å². The predicted molar refractivity (Wildman–Crippen MR) is 130 cm³/mol. The van der Waals surface area contributed by atoms with Crippen molar-refractivity contribution >= 4 is 0 Å². The number of unbranched alkanes of at least 4 members (excludes halogenated alkanes) is 1. The molecule has 2 aliphatic rings. The largest absolute Gasteiger partial charge is 0.494 e. The summed E-state index contributed by atoms with van der Waals surface area (Å²) in [5.41, 5.74) is 3.89. The van der Waals surface area contributed by atoms with E-state index in [1.165, 1.54) is 102 Å². The second-order valence-corrected chi connectivity index (χ2v) is 10.1. The van der Waals surface area contributed by atoms with E-state index in [-0.39, 0.29) is 0 Å². The van der Waals surface area contributed by atoms with Gasteiger partial charge in [-0.05, 0) is 99.7 Å². The number of rotatable bonds is 12. The maximum atomic E-state index is 5.92. The summed E-state index contributed by atoms with van der Waals surface area (Å²) < 4.78 is 5.92. The number of hydrogen-bond donors (Lipinski definition) is 0. The average molecular weight is 411 g/mol. The summed E-state index contributed by atoms with van der Waals surface area (Å²) in [5.74, 6) is 1.72. The van der Waals surface area contributed by atoms with Gasteiger partial charge in [0.05, 0.1) is 6.61 Å². The van der Waals surface area contributed by atoms with E-state index in [0.29, 0.717) is 11.3 Å². The normalized spacial score (nSPS) is 19.9. The van der Waals surface area contributed by atoms with E-state index in [1.807, 2.05) is 0 Å². The molecule has 0 spiro atoms. The Kier molecular flexibility index (Phi) is 9.82. The van der Waals surface area contributed by atoms with Gasteiger partial charge in [-0.3, -0.25) is 0 Å². The molecule has 30 heavy (non-hydrogen) atoms. The van der Waals surface area contributed by atoms with E-state index in [4.69, 9.17) is 4.74 Å². The molecule has 1 nitrogen and oxygen atoms in total. The molecule has 0 N–H and O–H groups in total. The number of benzene rings is 1. The van der Waals surface area contributed by atoms with Gasteiger partial charge in [0.15, 0.2) is 0 Å². The highest BCUT2D eigenvalue weighted by Gasteiger charge is 2.31.